The van der Waals surface area contributed by atoms with Crippen molar-refractivity contribution in [1.29, 1.82) is 0 Å². The highest BCUT2D eigenvalue weighted by molar-refractivity contribution is 5.80. The Kier molecular flexibility index (Phi) is 5.65. The fourth-order valence-corrected chi connectivity index (χ4v) is 3.89. The van der Waals surface area contributed by atoms with E-state index in [4.69, 9.17) is 4.74 Å². The van der Waals surface area contributed by atoms with Gasteiger partial charge in [-0.05, 0) is 74.4 Å². The van der Waals surface area contributed by atoms with Crippen LogP contribution < -0.4 is 10.1 Å². The van der Waals surface area contributed by atoms with E-state index in [0.29, 0.717) is 6.54 Å². The number of hydrogen-bond donors (Lipinski definition) is 1. The summed E-state index contributed by atoms with van der Waals surface area (Å²) in [4.78, 5) is 16.9. The number of nitrogens with zero attached hydrogens (tertiary/aromatic N) is 2. The number of imidazole rings is 1. The largest absolute Gasteiger partial charge is 0.481 e. The van der Waals surface area contributed by atoms with Crippen molar-refractivity contribution in [2.45, 2.75) is 52.2 Å². The van der Waals surface area contributed by atoms with Gasteiger partial charge in [-0.25, -0.2) is 4.98 Å². The summed E-state index contributed by atoms with van der Waals surface area (Å²) in [5.41, 5.74) is 4.81. The normalized spacial score (nSPS) is 14.1. The topological polar surface area (TPSA) is 56.2 Å². The summed E-state index contributed by atoms with van der Waals surface area (Å²) in [5, 5.41) is 3.01. The molecule has 5 heteroatoms. The molecule has 0 saturated heterocycles. The maximum atomic E-state index is 12.6. The van der Waals surface area contributed by atoms with Crippen LogP contribution in [0.1, 0.15) is 42.3 Å². The minimum atomic E-state index is -0.557. The monoisotopic (exact) mass is 389 g/mol. The third-order valence-electron chi connectivity index (χ3n) is 5.53. The molecule has 0 bridgehead atoms. The van der Waals surface area contributed by atoms with E-state index in [0.717, 1.165) is 35.7 Å². The van der Waals surface area contributed by atoms with Crippen LogP contribution in [0, 0.1) is 6.92 Å². The van der Waals surface area contributed by atoms with Crippen molar-refractivity contribution in [2.24, 2.45) is 0 Å². The van der Waals surface area contributed by atoms with Gasteiger partial charge >= 0.3 is 0 Å². The van der Waals surface area contributed by atoms with Crippen molar-refractivity contribution < 1.29 is 9.53 Å². The first kappa shape index (κ1) is 19.2. The molecule has 1 unspecified atom stereocenters. The first-order valence-corrected chi connectivity index (χ1v) is 10.3. The van der Waals surface area contributed by atoms with Gasteiger partial charge in [-0.1, -0.05) is 24.3 Å². The Balaban J connectivity index is 1.40. The van der Waals surface area contributed by atoms with Crippen LogP contribution in [0.2, 0.25) is 0 Å². The Morgan fingerprint density at radius 3 is 2.76 bits per heavy atom. The van der Waals surface area contributed by atoms with E-state index in [1.165, 1.54) is 24.0 Å². The molecule has 1 atom stereocenters. The SMILES string of the molecule is Cc1nccn1-c1ccccc1CNC(=O)C(C)Oc1ccc2c(c1)CCCC2. The van der Waals surface area contributed by atoms with Gasteiger partial charge in [0.1, 0.15) is 11.6 Å². The standard InChI is InChI=1S/C24H27N3O2/c1-17(29-22-12-11-19-7-3-4-8-20(19)15-22)24(28)26-16-21-9-5-6-10-23(21)27-14-13-25-18(27)2/h5-6,9-15,17H,3-4,7-8,16H2,1-2H3,(H,26,28). The second-order valence-corrected chi connectivity index (χ2v) is 7.59. The first-order valence-electron chi connectivity index (χ1n) is 10.3. The molecule has 4 rings (SSSR count). The Bertz CT molecular complexity index is 1010. The Morgan fingerprint density at radius 2 is 1.97 bits per heavy atom. The van der Waals surface area contributed by atoms with Gasteiger partial charge in [-0.15, -0.1) is 0 Å². The van der Waals surface area contributed by atoms with Crippen molar-refractivity contribution in [3.63, 3.8) is 0 Å². The van der Waals surface area contributed by atoms with Gasteiger partial charge < -0.3 is 14.6 Å². The number of carbonyl (C=O) groups is 1. The zero-order chi connectivity index (χ0) is 20.2. The molecule has 0 fully saturated rings. The molecule has 5 nitrogen and oxygen atoms in total. The lowest BCUT2D eigenvalue weighted by atomic mass is 9.92. The second-order valence-electron chi connectivity index (χ2n) is 7.59. The van der Waals surface area contributed by atoms with E-state index in [-0.39, 0.29) is 5.91 Å². The zero-order valence-electron chi connectivity index (χ0n) is 17.0. The quantitative estimate of drug-likeness (QED) is 0.689. The first-order chi connectivity index (χ1) is 14.1. The Labute approximate surface area is 171 Å². The van der Waals surface area contributed by atoms with Crippen LogP contribution in [0.3, 0.4) is 0 Å². The highest BCUT2D eigenvalue weighted by atomic mass is 16.5. The molecule has 150 valence electrons. The lowest BCUT2D eigenvalue weighted by Gasteiger charge is -2.19. The number of ether oxygens (including phenoxy) is 1. The van der Waals surface area contributed by atoms with Gasteiger partial charge in [-0.3, -0.25) is 4.79 Å². The summed E-state index contributed by atoms with van der Waals surface area (Å²) in [6.45, 7) is 4.19. The molecule has 1 aromatic heterocycles. The summed E-state index contributed by atoms with van der Waals surface area (Å²) in [6.07, 6.45) is 7.86. The number of para-hydroxylation sites is 1. The van der Waals surface area contributed by atoms with Gasteiger partial charge in [0.05, 0.1) is 5.69 Å². The number of carbonyl (C=O) groups excluding carboxylic acids is 1. The van der Waals surface area contributed by atoms with Crippen LogP contribution in [0.4, 0.5) is 0 Å². The van der Waals surface area contributed by atoms with Crippen LogP contribution in [-0.4, -0.2) is 21.6 Å². The molecule has 29 heavy (non-hydrogen) atoms. The number of fused-ring (bicyclic) bond motifs is 1. The summed E-state index contributed by atoms with van der Waals surface area (Å²) in [6, 6.07) is 14.2. The third-order valence-corrected chi connectivity index (χ3v) is 5.53. The van der Waals surface area contributed by atoms with Crippen molar-refractivity contribution in [1.82, 2.24) is 14.9 Å². The molecule has 0 aliphatic heterocycles. The van der Waals surface area contributed by atoms with Crippen LogP contribution in [0.5, 0.6) is 5.75 Å². The van der Waals surface area contributed by atoms with Crippen LogP contribution in [-0.2, 0) is 24.2 Å². The number of benzene rings is 2. The maximum absolute atomic E-state index is 12.6. The number of aryl methyl sites for hydroxylation is 3. The summed E-state index contributed by atoms with van der Waals surface area (Å²) < 4.78 is 7.95. The minimum absolute atomic E-state index is 0.125. The van der Waals surface area contributed by atoms with E-state index in [1.54, 1.807) is 13.1 Å². The lowest BCUT2D eigenvalue weighted by molar-refractivity contribution is -0.127. The Hall–Kier alpha value is -3.08. The number of nitrogens with one attached hydrogen (secondary N) is 1. The predicted octanol–water partition coefficient (Wildman–Crippen LogP) is 4.14. The van der Waals surface area contributed by atoms with E-state index < -0.39 is 6.10 Å². The van der Waals surface area contributed by atoms with E-state index in [1.807, 2.05) is 48.0 Å². The van der Waals surface area contributed by atoms with Gasteiger partial charge in [0.15, 0.2) is 6.10 Å². The summed E-state index contributed by atoms with van der Waals surface area (Å²) >= 11 is 0. The van der Waals surface area contributed by atoms with Gasteiger partial charge in [0.2, 0.25) is 0 Å². The highest BCUT2D eigenvalue weighted by Crippen LogP contribution is 2.26. The smallest absolute Gasteiger partial charge is 0.261 e. The molecule has 0 radical (unpaired) electrons. The fraction of sp³-hybridized carbons (Fsp3) is 0.333. The van der Waals surface area contributed by atoms with E-state index >= 15 is 0 Å². The van der Waals surface area contributed by atoms with Crippen molar-refractivity contribution in [3.05, 3.63) is 77.4 Å². The maximum Gasteiger partial charge on any atom is 0.261 e. The summed E-state index contributed by atoms with van der Waals surface area (Å²) in [5.74, 6) is 1.55. The second kappa shape index (κ2) is 8.52. The number of amides is 1. The predicted molar refractivity (Wildman–Crippen MR) is 113 cm³/mol. The molecular formula is C24H27N3O2. The fourth-order valence-electron chi connectivity index (χ4n) is 3.89. The molecule has 3 aromatic rings. The van der Waals surface area contributed by atoms with Crippen molar-refractivity contribution in [2.75, 3.05) is 0 Å². The van der Waals surface area contributed by atoms with Crippen molar-refractivity contribution in [3.8, 4) is 11.4 Å². The molecule has 1 aliphatic rings. The minimum Gasteiger partial charge on any atom is -0.481 e. The number of rotatable bonds is 6. The van der Waals surface area contributed by atoms with Crippen LogP contribution in [0.15, 0.2) is 54.9 Å². The lowest BCUT2D eigenvalue weighted by Crippen LogP contribution is -2.36. The molecular weight excluding hydrogens is 362 g/mol. The average molecular weight is 389 g/mol. The molecule has 1 aliphatic carbocycles. The Morgan fingerprint density at radius 1 is 1.17 bits per heavy atom. The van der Waals surface area contributed by atoms with E-state index in [9.17, 15) is 4.79 Å². The molecule has 2 aromatic carbocycles. The van der Waals surface area contributed by atoms with Gasteiger partial charge in [0.25, 0.3) is 5.91 Å². The molecule has 1 N–H and O–H groups in total. The zero-order valence-corrected chi connectivity index (χ0v) is 17.0. The molecule has 1 amide bonds. The molecule has 1 heterocycles. The molecule has 0 spiro atoms. The van der Waals surface area contributed by atoms with Gasteiger partial charge in [-0.2, -0.15) is 0 Å². The van der Waals surface area contributed by atoms with E-state index in [2.05, 4.69) is 22.4 Å². The van der Waals surface area contributed by atoms with Gasteiger partial charge in [0, 0.05) is 18.9 Å². The van der Waals surface area contributed by atoms with Crippen LogP contribution in [0.25, 0.3) is 5.69 Å². The molecule has 0 saturated carbocycles. The van der Waals surface area contributed by atoms with Crippen LogP contribution >= 0.6 is 0 Å². The third kappa shape index (κ3) is 4.34. The number of aromatic nitrogens is 2. The highest BCUT2D eigenvalue weighted by Gasteiger charge is 2.17. The average Bonchev–Trinajstić information content (AvgIpc) is 3.17. The number of hydrogen-bond acceptors (Lipinski definition) is 3. The van der Waals surface area contributed by atoms with Crippen molar-refractivity contribution >= 4 is 5.91 Å². The summed E-state index contributed by atoms with van der Waals surface area (Å²) in [7, 11) is 0.